The van der Waals surface area contributed by atoms with E-state index in [1.165, 1.54) is 35.2 Å². The van der Waals surface area contributed by atoms with Crippen molar-refractivity contribution in [3.05, 3.63) is 94.0 Å². The highest BCUT2D eigenvalue weighted by Gasteiger charge is 2.33. The van der Waals surface area contributed by atoms with Gasteiger partial charge in [-0.15, -0.1) is 0 Å². The fourth-order valence-corrected chi connectivity index (χ4v) is 5.75. The zero-order valence-electron chi connectivity index (χ0n) is 23.3. The molecule has 1 atom stereocenters. The van der Waals surface area contributed by atoms with Gasteiger partial charge in [0, 0.05) is 12.1 Å². The Morgan fingerprint density at radius 3 is 2.12 bits per heavy atom. The van der Waals surface area contributed by atoms with Crippen molar-refractivity contribution >= 4 is 50.7 Å². The first-order valence-electron chi connectivity index (χ1n) is 12.9. The number of sulfonamides is 1. The van der Waals surface area contributed by atoms with E-state index in [0.29, 0.717) is 6.42 Å². The first kappa shape index (κ1) is 31.5. The number of benzene rings is 3. The Morgan fingerprint density at radius 1 is 0.925 bits per heavy atom. The minimum absolute atomic E-state index is 0.0198. The molecule has 0 aliphatic heterocycles. The molecule has 3 rings (SSSR count). The van der Waals surface area contributed by atoms with Gasteiger partial charge in [-0.05, 0) is 76.9 Å². The Labute approximate surface area is 247 Å². The van der Waals surface area contributed by atoms with Crippen LogP contribution in [0.4, 0.5) is 5.69 Å². The summed E-state index contributed by atoms with van der Waals surface area (Å²) in [6.45, 7) is 8.72. The van der Waals surface area contributed by atoms with Crippen molar-refractivity contribution in [2.75, 3.05) is 17.4 Å². The molecule has 1 unspecified atom stereocenters. The lowest BCUT2D eigenvalue weighted by atomic mass is 10.1. The lowest BCUT2D eigenvalue weighted by molar-refractivity contribution is -0.139. The Hall–Kier alpha value is -3.07. The second-order valence-corrected chi connectivity index (χ2v) is 13.3. The number of aryl methyl sites for hydroxylation is 1. The van der Waals surface area contributed by atoms with E-state index in [-0.39, 0.29) is 33.1 Å². The van der Waals surface area contributed by atoms with E-state index in [1.807, 2.05) is 58.0 Å². The first-order chi connectivity index (χ1) is 18.7. The predicted molar refractivity (Wildman–Crippen MR) is 161 cm³/mol. The summed E-state index contributed by atoms with van der Waals surface area (Å²) in [5.74, 6) is -0.870. The van der Waals surface area contributed by atoms with Gasteiger partial charge in [0.1, 0.15) is 12.6 Å². The Bertz CT molecular complexity index is 1440. The monoisotopic (exact) mass is 603 g/mol. The molecule has 0 saturated heterocycles. The summed E-state index contributed by atoms with van der Waals surface area (Å²) in [4.78, 5) is 28.5. The van der Waals surface area contributed by atoms with E-state index in [1.54, 1.807) is 19.1 Å². The summed E-state index contributed by atoms with van der Waals surface area (Å²) in [6.07, 6.45) is 0.483. The van der Waals surface area contributed by atoms with Crippen molar-refractivity contribution in [3.8, 4) is 0 Å². The molecule has 0 aromatic heterocycles. The van der Waals surface area contributed by atoms with E-state index in [2.05, 4.69) is 5.32 Å². The molecule has 0 bridgehead atoms. The molecule has 0 fully saturated rings. The fraction of sp³-hybridized carbons (Fsp3) is 0.333. The third-order valence-electron chi connectivity index (χ3n) is 6.23. The minimum Gasteiger partial charge on any atom is -0.350 e. The number of carbonyl (C=O) groups excluding carboxylic acids is 2. The van der Waals surface area contributed by atoms with E-state index >= 15 is 0 Å². The number of hydrogen-bond donors (Lipinski definition) is 1. The molecule has 2 amide bonds. The first-order valence-corrected chi connectivity index (χ1v) is 15.1. The minimum atomic E-state index is -4.19. The second-order valence-electron chi connectivity index (χ2n) is 10.7. The quantitative estimate of drug-likeness (QED) is 0.314. The highest BCUT2D eigenvalue weighted by Crippen LogP contribution is 2.31. The van der Waals surface area contributed by atoms with Gasteiger partial charge in [-0.1, -0.05) is 71.2 Å². The van der Waals surface area contributed by atoms with Crippen LogP contribution < -0.4 is 9.62 Å². The standard InChI is InChI=1S/C30H35Cl2N3O4S/c1-21-11-14-25(15-12-21)40(38,39)35(24-13-16-26(31)27(32)19-24)20-28(36)34(18-17-23-9-7-6-8-10-23)22(2)29(37)33-30(3,4)5/h6-16,19,22H,17-18,20H2,1-5H3,(H,33,37). The van der Waals surface area contributed by atoms with Gasteiger partial charge in [-0.3, -0.25) is 13.9 Å². The van der Waals surface area contributed by atoms with Crippen LogP contribution in [-0.4, -0.2) is 49.8 Å². The van der Waals surface area contributed by atoms with Crippen LogP contribution in [0, 0.1) is 6.92 Å². The molecule has 1 N–H and O–H groups in total. The van der Waals surface area contributed by atoms with Crippen molar-refractivity contribution in [2.24, 2.45) is 0 Å². The summed E-state index contributed by atoms with van der Waals surface area (Å²) in [5.41, 5.74) is 1.54. The van der Waals surface area contributed by atoms with Gasteiger partial charge in [-0.25, -0.2) is 8.42 Å². The predicted octanol–water partition coefficient (Wildman–Crippen LogP) is 5.87. The van der Waals surface area contributed by atoms with Crippen LogP contribution in [0.5, 0.6) is 0 Å². The molecule has 0 spiro atoms. The Morgan fingerprint density at radius 2 is 1.55 bits per heavy atom. The van der Waals surface area contributed by atoms with Crippen LogP contribution in [-0.2, 0) is 26.0 Å². The molecule has 0 radical (unpaired) electrons. The third kappa shape index (κ3) is 8.22. The van der Waals surface area contributed by atoms with Crippen LogP contribution in [0.25, 0.3) is 0 Å². The topological polar surface area (TPSA) is 86.8 Å². The maximum absolute atomic E-state index is 13.9. The van der Waals surface area contributed by atoms with Crippen LogP contribution in [0.15, 0.2) is 77.7 Å². The van der Waals surface area contributed by atoms with Gasteiger partial charge in [0.15, 0.2) is 0 Å². The number of amides is 2. The lowest BCUT2D eigenvalue weighted by Crippen LogP contribution is -2.55. The van der Waals surface area contributed by atoms with Gasteiger partial charge in [0.25, 0.3) is 10.0 Å². The molecule has 0 aliphatic rings. The molecule has 214 valence electrons. The highest BCUT2D eigenvalue weighted by atomic mass is 35.5. The molecule has 0 aliphatic carbocycles. The Kier molecular flexibility index (Phi) is 10.3. The zero-order chi connectivity index (χ0) is 29.7. The molecule has 0 saturated carbocycles. The zero-order valence-corrected chi connectivity index (χ0v) is 25.6. The van der Waals surface area contributed by atoms with E-state index in [4.69, 9.17) is 23.2 Å². The van der Waals surface area contributed by atoms with Crippen LogP contribution in [0.3, 0.4) is 0 Å². The molecule has 0 heterocycles. The molecule has 7 nitrogen and oxygen atoms in total. The lowest BCUT2D eigenvalue weighted by Gasteiger charge is -2.33. The van der Waals surface area contributed by atoms with Crippen molar-refractivity contribution in [3.63, 3.8) is 0 Å². The summed E-state index contributed by atoms with van der Waals surface area (Å²) < 4.78 is 28.7. The number of nitrogens with zero attached hydrogens (tertiary/aromatic N) is 2. The SMILES string of the molecule is Cc1ccc(S(=O)(=O)N(CC(=O)N(CCc2ccccc2)C(C)C(=O)NC(C)(C)C)c2ccc(Cl)c(Cl)c2)cc1. The summed E-state index contributed by atoms with van der Waals surface area (Å²) >= 11 is 12.3. The number of rotatable bonds is 10. The molecule has 10 heteroatoms. The molecule has 3 aromatic carbocycles. The van der Waals surface area contributed by atoms with Crippen LogP contribution in [0.1, 0.15) is 38.8 Å². The smallest absolute Gasteiger partial charge is 0.264 e. The number of nitrogens with one attached hydrogen (secondary N) is 1. The Balaban J connectivity index is 2.01. The average molecular weight is 605 g/mol. The van der Waals surface area contributed by atoms with Gasteiger partial charge in [0.05, 0.1) is 20.6 Å². The van der Waals surface area contributed by atoms with Crippen molar-refractivity contribution in [1.82, 2.24) is 10.2 Å². The van der Waals surface area contributed by atoms with Crippen molar-refractivity contribution in [2.45, 2.75) is 57.5 Å². The molecular weight excluding hydrogens is 569 g/mol. The molecular formula is C30H35Cl2N3O4S. The largest absolute Gasteiger partial charge is 0.350 e. The highest BCUT2D eigenvalue weighted by molar-refractivity contribution is 7.92. The number of anilines is 1. The van der Waals surface area contributed by atoms with E-state index in [0.717, 1.165) is 15.4 Å². The normalized spacial score (nSPS) is 12.5. The van der Waals surface area contributed by atoms with Gasteiger partial charge in [0.2, 0.25) is 11.8 Å². The molecule has 3 aromatic rings. The number of halogens is 2. The third-order valence-corrected chi connectivity index (χ3v) is 8.76. The number of hydrogen-bond acceptors (Lipinski definition) is 4. The summed E-state index contributed by atoms with van der Waals surface area (Å²) in [7, 11) is -4.19. The maximum Gasteiger partial charge on any atom is 0.264 e. The van der Waals surface area contributed by atoms with E-state index in [9.17, 15) is 18.0 Å². The number of carbonyl (C=O) groups is 2. The van der Waals surface area contributed by atoms with Crippen LogP contribution >= 0.6 is 23.2 Å². The molecule has 40 heavy (non-hydrogen) atoms. The summed E-state index contributed by atoms with van der Waals surface area (Å²) in [6, 6.07) is 19.5. The van der Waals surface area contributed by atoms with Gasteiger partial charge >= 0.3 is 0 Å². The average Bonchev–Trinajstić information content (AvgIpc) is 2.88. The van der Waals surface area contributed by atoms with Crippen LogP contribution in [0.2, 0.25) is 10.0 Å². The van der Waals surface area contributed by atoms with E-state index < -0.39 is 34.1 Å². The van der Waals surface area contributed by atoms with Crippen molar-refractivity contribution < 1.29 is 18.0 Å². The second kappa shape index (κ2) is 13.1. The summed E-state index contributed by atoms with van der Waals surface area (Å²) in [5, 5.41) is 3.31. The van der Waals surface area contributed by atoms with Gasteiger partial charge < -0.3 is 10.2 Å². The van der Waals surface area contributed by atoms with Gasteiger partial charge in [-0.2, -0.15) is 0 Å². The van der Waals surface area contributed by atoms with Crippen molar-refractivity contribution in [1.29, 1.82) is 0 Å². The maximum atomic E-state index is 13.9. The fourth-order valence-electron chi connectivity index (χ4n) is 4.05.